The van der Waals surface area contributed by atoms with Crippen molar-refractivity contribution >= 4 is 17.6 Å². The van der Waals surface area contributed by atoms with E-state index in [0.717, 1.165) is 18.2 Å². The first-order valence-corrected chi connectivity index (χ1v) is 6.08. The number of aromatic nitrogens is 2. The summed E-state index contributed by atoms with van der Waals surface area (Å²) in [5, 5.41) is 3.43. The van der Waals surface area contributed by atoms with Crippen LogP contribution in [-0.2, 0) is 10.9 Å². The predicted molar refractivity (Wildman–Crippen MR) is 65.7 cm³/mol. The Hall–Kier alpha value is -2.09. The molecule has 0 aliphatic rings. The number of carbonyl (C=O) groups is 1. The average Bonchev–Trinajstić information content (AvgIpc) is 2.87. The third-order valence-corrected chi connectivity index (χ3v) is 2.74. The van der Waals surface area contributed by atoms with E-state index in [0.29, 0.717) is 0 Å². The van der Waals surface area contributed by atoms with Gasteiger partial charge in [0.15, 0.2) is 0 Å². The zero-order valence-electron chi connectivity index (χ0n) is 10.6. The lowest BCUT2D eigenvalue weighted by Gasteiger charge is -2.08. The maximum absolute atomic E-state index is 12.7. The summed E-state index contributed by atoms with van der Waals surface area (Å²) in [6, 6.07) is 2.68. The molecular weight excluding hydrogens is 313 g/mol. The van der Waals surface area contributed by atoms with E-state index >= 15 is 0 Å². The minimum atomic E-state index is -4.53. The summed E-state index contributed by atoms with van der Waals surface area (Å²) >= 11 is 5.83. The minimum Gasteiger partial charge on any atom is -0.459 e. The first-order chi connectivity index (χ1) is 9.82. The molecule has 0 N–H and O–H groups in total. The molecule has 0 aliphatic heterocycles. The number of alkyl halides is 3. The van der Waals surface area contributed by atoms with Crippen LogP contribution in [0.3, 0.4) is 0 Å². The fraction of sp³-hybridized carbons (Fsp3) is 0.250. The predicted octanol–water partition coefficient (Wildman–Crippen LogP) is 3.59. The van der Waals surface area contributed by atoms with Crippen LogP contribution in [0.1, 0.15) is 23.2 Å². The fourth-order valence-corrected chi connectivity index (χ4v) is 1.68. The molecule has 0 bridgehead atoms. The van der Waals surface area contributed by atoms with Crippen LogP contribution < -0.4 is 0 Å². The van der Waals surface area contributed by atoms with E-state index in [-0.39, 0.29) is 23.0 Å². The summed E-state index contributed by atoms with van der Waals surface area (Å²) in [4.78, 5) is 15.0. The molecule has 112 valence electrons. The summed E-state index contributed by atoms with van der Waals surface area (Å²) in [5.74, 6) is -1.55. The minimum absolute atomic E-state index is 0.000733. The van der Waals surface area contributed by atoms with Gasteiger partial charge < -0.3 is 9.26 Å². The smallest absolute Gasteiger partial charge is 0.416 e. The van der Waals surface area contributed by atoms with Crippen molar-refractivity contribution in [1.29, 1.82) is 0 Å². The van der Waals surface area contributed by atoms with Crippen LogP contribution in [0.5, 0.6) is 0 Å². The highest BCUT2D eigenvalue weighted by Crippen LogP contribution is 2.34. The molecule has 5 nitrogen and oxygen atoms in total. The highest BCUT2D eigenvalue weighted by Gasteiger charge is 2.31. The quantitative estimate of drug-likeness (QED) is 0.809. The Morgan fingerprint density at radius 1 is 1.43 bits per heavy atom. The molecule has 0 radical (unpaired) electrons. The highest BCUT2D eigenvalue weighted by molar-refractivity contribution is 6.33. The van der Waals surface area contributed by atoms with Gasteiger partial charge in [0.05, 0.1) is 17.2 Å². The van der Waals surface area contributed by atoms with E-state index in [1.807, 2.05) is 0 Å². The summed E-state index contributed by atoms with van der Waals surface area (Å²) < 4.78 is 47.3. The second-order valence-electron chi connectivity index (χ2n) is 3.84. The largest absolute Gasteiger partial charge is 0.459 e. The number of benzene rings is 1. The van der Waals surface area contributed by atoms with Gasteiger partial charge in [-0.15, -0.1) is 0 Å². The van der Waals surface area contributed by atoms with Gasteiger partial charge in [-0.25, -0.2) is 4.79 Å². The van der Waals surface area contributed by atoms with Gasteiger partial charge in [0.1, 0.15) is 0 Å². The molecular formula is C12H8ClF3N2O3. The van der Waals surface area contributed by atoms with Crippen molar-refractivity contribution in [3.05, 3.63) is 34.7 Å². The molecule has 1 aromatic carbocycles. The van der Waals surface area contributed by atoms with Crippen molar-refractivity contribution in [2.75, 3.05) is 6.61 Å². The summed E-state index contributed by atoms with van der Waals surface area (Å²) in [6.45, 7) is 1.68. The molecule has 0 saturated carbocycles. The molecule has 2 rings (SSSR count). The number of hydrogen-bond donors (Lipinski definition) is 0. The second-order valence-corrected chi connectivity index (χ2v) is 4.24. The number of ether oxygens (including phenoxy) is 1. The van der Waals surface area contributed by atoms with Gasteiger partial charge >= 0.3 is 18.0 Å². The van der Waals surface area contributed by atoms with Crippen LogP contribution in [-0.4, -0.2) is 22.7 Å². The lowest BCUT2D eigenvalue weighted by molar-refractivity contribution is -0.137. The number of rotatable bonds is 3. The van der Waals surface area contributed by atoms with Gasteiger partial charge in [0.25, 0.3) is 0 Å². The van der Waals surface area contributed by atoms with Crippen LogP contribution in [0, 0.1) is 0 Å². The Morgan fingerprint density at radius 2 is 2.14 bits per heavy atom. The molecule has 1 heterocycles. The summed E-state index contributed by atoms with van der Waals surface area (Å²) in [5.41, 5.74) is -1.00. The Kier molecular flexibility index (Phi) is 4.17. The molecule has 0 fully saturated rings. The molecule has 21 heavy (non-hydrogen) atoms. The van der Waals surface area contributed by atoms with E-state index in [4.69, 9.17) is 11.6 Å². The first-order valence-electron chi connectivity index (χ1n) is 5.71. The zero-order valence-corrected chi connectivity index (χ0v) is 11.3. The monoisotopic (exact) mass is 320 g/mol. The van der Waals surface area contributed by atoms with Crippen molar-refractivity contribution < 1.29 is 27.2 Å². The number of hydrogen-bond acceptors (Lipinski definition) is 5. The van der Waals surface area contributed by atoms with E-state index in [2.05, 4.69) is 19.4 Å². The van der Waals surface area contributed by atoms with Gasteiger partial charge in [-0.05, 0) is 25.1 Å². The number of nitrogens with zero attached hydrogens (tertiary/aromatic N) is 2. The molecule has 0 atom stereocenters. The Bertz CT molecular complexity index is 670. The first kappa shape index (κ1) is 15.3. The topological polar surface area (TPSA) is 65.2 Å². The van der Waals surface area contributed by atoms with Crippen molar-refractivity contribution in [3.8, 4) is 11.4 Å². The average molecular weight is 321 g/mol. The van der Waals surface area contributed by atoms with E-state index in [9.17, 15) is 18.0 Å². The Labute approximate surface area is 121 Å². The van der Waals surface area contributed by atoms with Gasteiger partial charge in [-0.3, -0.25) is 0 Å². The third kappa shape index (κ3) is 3.33. The van der Waals surface area contributed by atoms with Crippen LogP contribution in [0.4, 0.5) is 13.2 Å². The van der Waals surface area contributed by atoms with Crippen LogP contribution >= 0.6 is 11.6 Å². The molecule has 2 aromatic rings. The van der Waals surface area contributed by atoms with Crippen molar-refractivity contribution in [2.45, 2.75) is 13.1 Å². The SMILES string of the molecule is CCOC(=O)c1nc(-c2cc(C(F)(F)F)ccc2Cl)no1. The molecule has 9 heteroatoms. The lowest BCUT2D eigenvalue weighted by atomic mass is 10.1. The highest BCUT2D eigenvalue weighted by atomic mass is 35.5. The number of carbonyl (C=O) groups excluding carboxylic acids is 1. The Balaban J connectivity index is 2.40. The molecule has 0 spiro atoms. The van der Waals surface area contributed by atoms with E-state index in [1.165, 1.54) is 0 Å². The fourth-order valence-electron chi connectivity index (χ4n) is 1.48. The third-order valence-electron chi connectivity index (χ3n) is 2.41. The van der Waals surface area contributed by atoms with Crippen LogP contribution in [0.25, 0.3) is 11.4 Å². The van der Waals surface area contributed by atoms with Gasteiger partial charge in [-0.2, -0.15) is 18.2 Å². The van der Waals surface area contributed by atoms with Crippen molar-refractivity contribution in [2.24, 2.45) is 0 Å². The van der Waals surface area contributed by atoms with Crippen LogP contribution in [0.15, 0.2) is 22.7 Å². The maximum Gasteiger partial charge on any atom is 0.416 e. The van der Waals surface area contributed by atoms with E-state index in [1.54, 1.807) is 6.92 Å². The molecule has 0 aliphatic carbocycles. The lowest BCUT2D eigenvalue weighted by Crippen LogP contribution is -2.05. The zero-order chi connectivity index (χ0) is 15.6. The normalized spacial score (nSPS) is 11.5. The van der Waals surface area contributed by atoms with Crippen LogP contribution in [0.2, 0.25) is 5.02 Å². The van der Waals surface area contributed by atoms with E-state index < -0.39 is 23.6 Å². The van der Waals surface area contributed by atoms with Gasteiger partial charge in [0.2, 0.25) is 5.82 Å². The summed E-state index contributed by atoms with van der Waals surface area (Å²) in [6.07, 6.45) is -4.53. The van der Waals surface area contributed by atoms with Crippen molar-refractivity contribution in [1.82, 2.24) is 10.1 Å². The summed E-state index contributed by atoms with van der Waals surface area (Å²) in [7, 11) is 0. The maximum atomic E-state index is 12.7. The number of esters is 1. The van der Waals surface area contributed by atoms with Crippen molar-refractivity contribution in [3.63, 3.8) is 0 Å². The molecule has 1 aromatic heterocycles. The molecule has 0 amide bonds. The molecule has 0 unspecified atom stereocenters. The molecule has 0 saturated heterocycles. The standard InChI is InChI=1S/C12H8ClF3N2O3/c1-2-20-11(19)10-17-9(18-21-10)7-5-6(12(14,15)16)3-4-8(7)13/h3-5H,2H2,1H3. The second kappa shape index (κ2) is 5.72. The van der Waals surface area contributed by atoms with Gasteiger partial charge in [-0.1, -0.05) is 16.8 Å². The Morgan fingerprint density at radius 3 is 2.76 bits per heavy atom. The van der Waals surface area contributed by atoms with Gasteiger partial charge in [0, 0.05) is 5.56 Å². The number of halogens is 4.